The van der Waals surface area contributed by atoms with E-state index in [0.29, 0.717) is 13.1 Å². The highest BCUT2D eigenvalue weighted by atomic mass is 19.1. The average molecular weight is 251 g/mol. The summed E-state index contributed by atoms with van der Waals surface area (Å²) in [6, 6.07) is 4.83. The Balaban J connectivity index is 2.00. The molecule has 4 nitrogen and oxygen atoms in total. The van der Waals surface area contributed by atoms with Crippen LogP contribution in [0.5, 0.6) is 0 Å². The van der Waals surface area contributed by atoms with Crippen LogP contribution in [-0.4, -0.2) is 23.9 Å². The number of nitrogen functional groups attached to an aromatic ring is 1. The predicted molar refractivity (Wildman–Crippen MR) is 68.0 cm³/mol. The van der Waals surface area contributed by atoms with Crippen molar-refractivity contribution < 1.29 is 9.18 Å². The Bertz CT molecular complexity index is 450. The Morgan fingerprint density at radius 2 is 2.28 bits per heavy atom. The van der Waals surface area contributed by atoms with Gasteiger partial charge < -0.3 is 11.5 Å². The van der Waals surface area contributed by atoms with Crippen LogP contribution in [0, 0.1) is 11.7 Å². The molecule has 1 atom stereocenters. The first-order valence-electron chi connectivity index (χ1n) is 6.12. The number of benzene rings is 1. The molecule has 1 aromatic rings. The van der Waals surface area contributed by atoms with E-state index in [1.807, 2.05) is 6.07 Å². The van der Waals surface area contributed by atoms with Crippen LogP contribution in [0.2, 0.25) is 0 Å². The Morgan fingerprint density at radius 3 is 2.94 bits per heavy atom. The minimum Gasteiger partial charge on any atom is -0.396 e. The van der Waals surface area contributed by atoms with E-state index < -0.39 is 5.82 Å². The number of piperidine rings is 1. The lowest BCUT2D eigenvalue weighted by Crippen LogP contribution is -2.40. The first kappa shape index (κ1) is 12.8. The molecule has 0 aromatic heterocycles. The van der Waals surface area contributed by atoms with Gasteiger partial charge in [-0.3, -0.25) is 9.69 Å². The molecule has 1 aromatic carbocycles. The lowest BCUT2D eigenvalue weighted by atomic mass is 9.97. The van der Waals surface area contributed by atoms with Crippen molar-refractivity contribution in [1.29, 1.82) is 0 Å². The van der Waals surface area contributed by atoms with E-state index in [9.17, 15) is 9.18 Å². The van der Waals surface area contributed by atoms with Crippen molar-refractivity contribution in [3.05, 3.63) is 29.6 Å². The van der Waals surface area contributed by atoms with E-state index >= 15 is 0 Å². The van der Waals surface area contributed by atoms with Gasteiger partial charge in [0, 0.05) is 13.1 Å². The van der Waals surface area contributed by atoms with E-state index in [2.05, 4.69) is 4.90 Å². The fraction of sp³-hybridized carbons (Fsp3) is 0.462. The van der Waals surface area contributed by atoms with Gasteiger partial charge in [0.2, 0.25) is 5.91 Å². The topological polar surface area (TPSA) is 72.4 Å². The van der Waals surface area contributed by atoms with Crippen LogP contribution in [0.15, 0.2) is 18.2 Å². The van der Waals surface area contributed by atoms with Crippen LogP contribution in [0.3, 0.4) is 0 Å². The number of carbonyl (C=O) groups excluding carboxylic acids is 1. The van der Waals surface area contributed by atoms with Gasteiger partial charge in [0.05, 0.1) is 11.6 Å². The van der Waals surface area contributed by atoms with Gasteiger partial charge in [0.25, 0.3) is 0 Å². The average Bonchev–Trinajstić information content (AvgIpc) is 2.34. The molecule has 4 N–H and O–H groups in total. The molecule has 18 heavy (non-hydrogen) atoms. The van der Waals surface area contributed by atoms with Crippen molar-refractivity contribution in [1.82, 2.24) is 4.90 Å². The highest BCUT2D eigenvalue weighted by Crippen LogP contribution is 2.19. The van der Waals surface area contributed by atoms with E-state index in [4.69, 9.17) is 11.5 Å². The second kappa shape index (κ2) is 5.35. The third-order valence-electron chi connectivity index (χ3n) is 3.38. The van der Waals surface area contributed by atoms with E-state index in [-0.39, 0.29) is 17.5 Å². The third-order valence-corrected chi connectivity index (χ3v) is 3.38. The normalized spacial score (nSPS) is 20.8. The molecule has 0 bridgehead atoms. The predicted octanol–water partition coefficient (Wildman–Crippen LogP) is 1.11. The smallest absolute Gasteiger partial charge is 0.221 e. The molecule has 0 saturated carbocycles. The standard InChI is InChI=1S/C13H18FN3O/c14-11-6-9(3-4-12(11)15)7-17-5-1-2-10(8-17)13(16)18/h3-4,6,10H,1-2,5,7-8,15H2,(H2,16,18). The van der Waals surface area contributed by atoms with Gasteiger partial charge in [-0.15, -0.1) is 0 Å². The molecule has 1 unspecified atom stereocenters. The Hall–Kier alpha value is -1.62. The lowest BCUT2D eigenvalue weighted by Gasteiger charge is -2.31. The van der Waals surface area contributed by atoms with Gasteiger partial charge in [0.1, 0.15) is 5.82 Å². The molecular weight excluding hydrogens is 233 g/mol. The number of amides is 1. The fourth-order valence-corrected chi connectivity index (χ4v) is 2.36. The first-order chi connectivity index (χ1) is 8.56. The van der Waals surface area contributed by atoms with E-state index in [1.54, 1.807) is 6.07 Å². The Morgan fingerprint density at radius 1 is 1.50 bits per heavy atom. The van der Waals surface area contributed by atoms with E-state index in [1.165, 1.54) is 6.07 Å². The lowest BCUT2D eigenvalue weighted by molar-refractivity contribution is -0.123. The summed E-state index contributed by atoms with van der Waals surface area (Å²) >= 11 is 0. The summed E-state index contributed by atoms with van der Waals surface area (Å²) in [5, 5.41) is 0. The van der Waals surface area contributed by atoms with Gasteiger partial charge in [0.15, 0.2) is 0 Å². The number of nitrogens with two attached hydrogens (primary N) is 2. The maximum atomic E-state index is 13.3. The Kier molecular flexibility index (Phi) is 3.81. The molecule has 1 aliphatic rings. The largest absolute Gasteiger partial charge is 0.396 e. The summed E-state index contributed by atoms with van der Waals surface area (Å²) in [7, 11) is 0. The molecule has 1 amide bonds. The summed E-state index contributed by atoms with van der Waals surface area (Å²) in [5.74, 6) is -0.725. The van der Waals surface area contributed by atoms with Gasteiger partial charge in [-0.2, -0.15) is 0 Å². The molecule has 98 valence electrons. The summed E-state index contributed by atoms with van der Waals surface area (Å²) in [6.07, 6.45) is 1.80. The van der Waals surface area contributed by atoms with Crippen molar-refractivity contribution in [2.24, 2.45) is 11.7 Å². The second-order valence-electron chi connectivity index (χ2n) is 4.83. The zero-order valence-electron chi connectivity index (χ0n) is 10.2. The first-order valence-corrected chi connectivity index (χ1v) is 6.12. The van der Waals surface area contributed by atoms with Crippen molar-refractivity contribution in [2.45, 2.75) is 19.4 Å². The summed E-state index contributed by atoms with van der Waals surface area (Å²) in [5.41, 5.74) is 11.8. The van der Waals surface area contributed by atoms with Gasteiger partial charge in [-0.05, 0) is 37.1 Å². The monoisotopic (exact) mass is 251 g/mol. The summed E-state index contributed by atoms with van der Waals surface area (Å²) in [4.78, 5) is 13.3. The number of anilines is 1. The molecule has 1 aliphatic heterocycles. The fourth-order valence-electron chi connectivity index (χ4n) is 2.36. The Labute approximate surface area is 106 Å². The quantitative estimate of drug-likeness (QED) is 0.790. The minimum atomic E-state index is -0.393. The molecule has 0 spiro atoms. The van der Waals surface area contributed by atoms with Crippen molar-refractivity contribution in [3.63, 3.8) is 0 Å². The molecule has 5 heteroatoms. The maximum Gasteiger partial charge on any atom is 0.221 e. The highest BCUT2D eigenvalue weighted by molar-refractivity contribution is 5.76. The minimum absolute atomic E-state index is 0.0858. The van der Waals surface area contributed by atoms with Crippen LogP contribution in [0.1, 0.15) is 18.4 Å². The van der Waals surface area contributed by atoms with Crippen molar-refractivity contribution in [2.75, 3.05) is 18.8 Å². The number of primary amides is 1. The number of nitrogens with zero attached hydrogens (tertiary/aromatic N) is 1. The SMILES string of the molecule is NC(=O)C1CCCN(Cc2ccc(N)c(F)c2)C1. The molecule has 1 heterocycles. The van der Waals surface area contributed by atoms with Crippen LogP contribution >= 0.6 is 0 Å². The van der Waals surface area contributed by atoms with Crippen LogP contribution in [0.4, 0.5) is 10.1 Å². The molecule has 0 radical (unpaired) electrons. The number of carbonyl (C=O) groups is 1. The van der Waals surface area contributed by atoms with Crippen LogP contribution < -0.4 is 11.5 Å². The van der Waals surface area contributed by atoms with Gasteiger partial charge in [-0.25, -0.2) is 4.39 Å². The summed E-state index contributed by atoms with van der Waals surface area (Å²) < 4.78 is 13.3. The number of hydrogen-bond acceptors (Lipinski definition) is 3. The molecule has 0 aliphatic carbocycles. The zero-order chi connectivity index (χ0) is 13.1. The number of hydrogen-bond donors (Lipinski definition) is 2. The molecular formula is C13H18FN3O. The highest BCUT2D eigenvalue weighted by Gasteiger charge is 2.23. The van der Waals surface area contributed by atoms with E-state index in [0.717, 1.165) is 24.9 Å². The maximum absolute atomic E-state index is 13.3. The molecule has 2 rings (SSSR count). The number of halogens is 1. The van der Waals surface area contributed by atoms with Crippen LogP contribution in [0.25, 0.3) is 0 Å². The number of likely N-dealkylation sites (tertiary alicyclic amines) is 1. The third kappa shape index (κ3) is 2.98. The van der Waals surface area contributed by atoms with Gasteiger partial charge in [-0.1, -0.05) is 6.07 Å². The van der Waals surface area contributed by atoms with Crippen molar-refractivity contribution in [3.8, 4) is 0 Å². The zero-order valence-corrected chi connectivity index (χ0v) is 10.2. The molecule has 1 saturated heterocycles. The molecule has 1 fully saturated rings. The van der Waals surface area contributed by atoms with Crippen LogP contribution in [-0.2, 0) is 11.3 Å². The van der Waals surface area contributed by atoms with Gasteiger partial charge >= 0.3 is 0 Å². The number of rotatable bonds is 3. The van der Waals surface area contributed by atoms with Crippen molar-refractivity contribution >= 4 is 11.6 Å². The summed E-state index contributed by atoms with van der Waals surface area (Å²) in [6.45, 7) is 2.19. The second-order valence-corrected chi connectivity index (χ2v) is 4.83.